The van der Waals surface area contributed by atoms with Crippen molar-refractivity contribution in [3.8, 4) is 0 Å². The smallest absolute Gasteiger partial charge is 0.272 e. The number of likely N-dealkylation sites (tertiary alicyclic amines) is 1. The number of hydrogen-bond donors (Lipinski definition) is 1. The maximum atomic E-state index is 13.3. The van der Waals surface area contributed by atoms with Crippen molar-refractivity contribution >= 4 is 22.9 Å². The van der Waals surface area contributed by atoms with Crippen molar-refractivity contribution in [1.29, 1.82) is 0 Å². The van der Waals surface area contributed by atoms with Gasteiger partial charge in [-0.15, -0.1) is 0 Å². The maximum absolute atomic E-state index is 13.3. The lowest BCUT2D eigenvalue weighted by atomic mass is 9.97. The number of aromatic amines is 1. The lowest BCUT2D eigenvalue weighted by Gasteiger charge is -2.32. The fourth-order valence-corrected chi connectivity index (χ4v) is 4.61. The van der Waals surface area contributed by atoms with Gasteiger partial charge in [0, 0.05) is 37.8 Å². The van der Waals surface area contributed by atoms with Crippen molar-refractivity contribution in [2.75, 3.05) is 31.1 Å². The molecule has 2 saturated heterocycles. The number of fused-ring (bicyclic) bond motifs is 1. The van der Waals surface area contributed by atoms with Gasteiger partial charge in [0.1, 0.15) is 11.5 Å². The van der Waals surface area contributed by atoms with Gasteiger partial charge in [0.05, 0.1) is 11.0 Å². The third-order valence-corrected chi connectivity index (χ3v) is 6.20. The van der Waals surface area contributed by atoms with E-state index in [1.807, 2.05) is 42.2 Å². The van der Waals surface area contributed by atoms with Gasteiger partial charge in [-0.3, -0.25) is 4.79 Å². The van der Waals surface area contributed by atoms with Gasteiger partial charge in [-0.25, -0.2) is 15.0 Å². The van der Waals surface area contributed by atoms with Crippen molar-refractivity contribution in [3.63, 3.8) is 0 Å². The number of carbonyl (C=O) groups excluding carboxylic acids is 1. The molecule has 1 aromatic carbocycles. The molecule has 0 aliphatic carbocycles. The molecule has 7 heteroatoms. The number of amides is 1. The Labute approximate surface area is 176 Å². The fourth-order valence-electron chi connectivity index (χ4n) is 4.61. The van der Waals surface area contributed by atoms with E-state index in [9.17, 15) is 4.79 Å². The zero-order valence-corrected chi connectivity index (χ0v) is 17.5. The summed E-state index contributed by atoms with van der Waals surface area (Å²) in [4.78, 5) is 34.9. The number of hydrogen-bond acceptors (Lipinski definition) is 5. The van der Waals surface area contributed by atoms with Crippen LogP contribution in [0.2, 0.25) is 0 Å². The van der Waals surface area contributed by atoms with Crippen molar-refractivity contribution < 1.29 is 4.79 Å². The molecule has 0 spiro atoms. The molecule has 156 valence electrons. The van der Waals surface area contributed by atoms with E-state index in [-0.39, 0.29) is 11.8 Å². The van der Waals surface area contributed by atoms with Crippen molar-refractivity contribution in [2.45, 2.75) is 44.9 Å². The number of rotatable bonds is 3. The first-order valence-corrected chi connectivity index (χ1v) is 11.0. The monoisotopic (exact) mass is 404 g/mol. The molecule has 1 atom stereocenters. The number of imidazole rings is 1. The Balaban J connectivity index is 1.36. The molecular weight excluding hydrogens is 376 g/mol. The fraction of sp³-hybridized carbons (Fsp3) is 0.478. The van der Waals surface area contributed by atoms with Gasteiger partial charge < -0.3 is 14.8 Å². The molecule has 0 radical (unpaired) electrons. The van der Waals surface area contributed by atoms with Crippen LogP contribution in [0.5, 0.6) is 0 Å². The highest BCUT2D eigenvalue weighted by Crippen LogP contribution is 2.28. The van der Waals surface area contributed by atoms with Crippen LogP contribution < -0.4 is 4.90 Å². The van der Waals surface area contributed by atoms with Gasteiger partial charge in [0.25, 0.3) is 5.91 Å². The predicted molar refractivity (Wildman–Crippen MR) is 117 cm³/mol. The first kappa shape index (κ1) is 19.0. The zero-order valence-electron chi connectivity index (χ0n) is 17.5. The largest absolute Gasteiger partial charge is 0.342 e. The third kappa shape index (κ3) is 3.76. The maximum Gasteiger partial charge on any atom is 0.272 e. The van der Waals surface area contributed by atoms with Gasteiger partial charge in [0.2, 0.25) is 5.95 Å². The summed E-state index contributed by atoms with van der Waals surface area (Å²) in [5, 5.41) is 0. The van der Waals surface area contributed by atoms with Gasteiger partial charge in [0.15, 0.2) is 0 Å². The molecule has 7 nitrogen and oxygen atoms in total. The summed E-state index contributed by atoms with van der Waals surface area (Å²) in [5.74, 6) is 1.89. The highest BCUT2D eigenvalue weighted by Gasteiger charge is 2.29. The van der Waals surface area contributed by atoms with Crippen molar-refractivity contribution in [3.05, 3.63) is 47.5 Å². The van der Waals surface area contributed by atoms with E-state index in [0.29, 0.717) is 18.2 Å². The molecule has 1 unspecified atom stereocenters. The standard InChI is InChI=1S/C23H28N6O/c1-16-14-20(27-23(24-16)28-11-5-2-6-12-28)22(30)29-13-7-8-17(15-29)21-25-18-9-3-4-10-19(18)26-21/h3-4,9-10,14,17H,2,5-8,11-13,15H2,1H3,(H,25,26). The number of benzene rings is 1. The molecule has 4 heterocycles. The van der Waals surface area contributed by atoms with Gasteiger partial charge in [-0.1, -0.05) is 12.1 Å². The second-order valence-corrected chi connectivity index (χ2v) is 8.47. The minimum Gasteiger partial charge on any atom is -0.342 e. The molecule has 2 aromatic heterocycles. The molecule has 3 aromatic rings. The van der Waals surface area contributed by atoms with Crippen LogP contribution in [-0.2, 0) is 0 Å². The molecular formula is C23H28N6O. The lowest BCUT2D eigenvalue weighted by Crippen LogP contribution is -2.40. The number of anilines is 1. The minimum absolute atomic E-state index is 0.000398. The van der Waals surface area contributed by atoms with E-state index in [1.165, 1.54) is 6.42 Å². The van der Waals surface area contributed by atoms with E-state index in [4.69, 9.17) is 4.98 Å². The Hall–Kier alpha value is -2.96. The quantitative estimate of drug-likeness (QED) is 0.721. The first-order chi connectivity index (χ1) is 14.7. The van der Waals surface area contributed by atoms with E-state index < -0.39 is 0 Å². The van der Waals surface area contributed by atoms with Crippen LogP contribution in [-0.4, -0.2) is 56.9 Å². The molecule has 5 rings (SSSR count). The van der Waals surface area contributed by atoms with Crippen LogP contribution in [0.4, 0.5) is 5.95 Å². The predicted octanol–water partition coefficient (Wildman–Crippen LogP) is 3.67. The van der Waals surface area contributed by atoms with Crippen LogP contribution in [0.25, 0.3) is 11.0 Å². The Kier molecular flexibility index (Phi) is 5.11. The molecule has 1 amide bonds. The normalized spacial score (nSPS) is 20.0. The van der Waals surface area contributed by atoms with Crippen LogP contribution in [0.3, 0.4) is 0 Å². The van der Waals surface area contributed by atoms with Crippen LogP contribution in [0, 0.1) is 6.92 Å². The first-order valence-electron chi connectivity index (χ1n) is 11.0. The number of H-pyrrole nitrogens is 1. The molecule has 2 aliphatic heterocycles. The number of nitrogens with zero attached hydrogens (tertiary/aromatic N) is 5. The Morgan fingerprint density at radius 2 is 1.87 bits per heavy atom. The summed E-state index contributed by atoms with van der Waals surface area (Å²) in [6.45, 7) is 5.31. The van der Waals surface area contributed by atoms with E-state index >= 15 is 0 Å². The number of piperidine rings is 2. The highest BCUT2D eigenvalue weighted by atomic mass is 16.2. The molecule has 2 fully saturated rings. The zero-order chi connectivity index (χ0) is 20.5. The van der Waals surface area contributed by atoms with Crippen LogP contribution >= 0.6 is 0 Å². The SMILES string of the molecule is Cc1cc(C(=O)N2CCCC(c3nc4ccccc4[nH]3)C2)nc(N2CCCCC2)n1. The number of carbonyl (C=O) groups is 1. The molecule has 30 heavy (non-hydrogen) atoms. The van der Waals surface area contributed by atoms with Gasteiger partial charge in [-0.2, -0.15) is 0 Å². The number of nitrogens with one attached hydrogen (secondary N) is 1. The van der Waals surface area contributed by atoms with Crippen LogP contribution in [0.1, 0.15) is 60.0 Å². The molecule has 0 bridgehead atoms. The Morgan fingerprint density at radius 3 is 2.70 bits per heavy atom. The third-order valence-electron chi connectivity index (χ3n) is 6.20. The average molecular weight is 405 g/mol. The highest BCUT2D eigenvalue weighted by molar-refractivity contribution is 5.92. The van der Waals surface area contributed by atoms with Crippen molar-refractivity contribution in [2.24, 2.45) is 0 Å². The van der Waals surface area contributed by atoms with E-state index in [2.05, 4.69) is 19.9 Å². The Morgan fingerprint density at radius 1 is 1.03 bits per heavy atom. The minimum atomic E-state index is -0.000398. The number of para-hydroxylation sites is 2. The lowest BCUT2D eigenvalue weighted by molar-refractivity contribution is 0.0698. The van der Waals surface area contributed by atoms with E-state index in [1.54, 1.807) is 0 Å². The summed E-state index contributed by atoms with van der Waals surface area (Å²) in [7, 11) is 0. The summed E-state index contributed by atoms with van der Waals surface area (Å²) in [5.41, 5.74) is 3.38. The second kappa shape index (κ2) is 8.05. The van der Waals surface area contributed by atoms with Crippen molar-refractivity contribution in [1.82, 2.24) is 24.8 Å². The number of aryl methyl sites for hydroxylation is 1. The summed E-state index contributed by atoms with van der Waals surface area (Å²) >= 11 is 0. The topological polar surface area (TPSA) is 78.0 Å². The molecule has 1 N–H and O–H groups in total. The second-order valence-electron chi connectivity index (χ2n) is 8.47. The van der Waals surface area contributed by atoms with Gasteiger partial charge >= 0.3 is 0 Å². The Bertz CT molecular complexity index is 1020. The molecule has 2 aliphatic rings. The number of aromatic nitrogens is 4. The van der Waals surface area contributed by atoms with E-state index in [0.717, 1.165) is 67.9 Å². The van der Waals surface area contributed by atoms with Gasteiger partial charge in [-0.05, 0) is 57.2 Å². The summed E-state index contributed by atoms with van der Waals surface area (Å²) in [6, 6.07) is 9.90. The molecule has 0 saturated carbocycles. The summed E-state index contributed by atoms with van der Waals surface area (Å²) in [6.07, 6.45) is 5.57. The van der Waals surface area contributed by atoms with Crippen LogP contribution in [0.15, 0.2) is 30.3 Å². The summed E-state index contributed by atoms with van der Waals surface area (Å²) < 4.78 is 0. The average Bonchev–Trinajstić information content (AvgIpc) is 3.23.